The molecule has 0 heterocycles. The fourth-order valence-electron chi connectivity index (χ4n) is 1.95. The Balaban J connectivity index is 2.26. The van der Waals surface area contributed by atoms with Crippen LogP contribution in [0.15, 0.2) is 42.5 Å². The molecule has 98 valence electrons. The summed E-state index contributed by atoms with van der Waals surface area (Å²) >= 11 is 0. The molecule has 0 radical (unpaired) electrons. The summed E-state index contributed by atoms with van der Waals surface area (Å²) in [4.78, 5) is 12.2. The van der Waals surface area contributed by atoms with Gasteiger partial charge in [-0.1, -0.05) is 30.3 Å². The highest BCUT2D eigenvalue weighted by molar-refractivity contribution is 6.05. The van der Waals surface area contributed by atoms with Gasteiger partial charge in [-0.2, -0.15) is 0 Å². The number of nitrogens with two attached hydrogens (primary N) is 1. The molecule has 0 aliphatic rings. The van der Waals surface area contributed by atoms with Crippen LogP contribution in [0.4, 0.5) is 5.69 Å². The number of anilines is 1. The predicted octanol–water partition coefficient (Wildman–Crippen LogP) is 3.01. The minimum Gasteiger partial charge on any atom is -0.326 e. The van der Waals surface area contributed by atoms with Crippen molar-refractivity contribution < 1.29 is 4.79 Å². The number of nitrogens with one attached hydrogen (secondary N) is 1. The molecule has 0 atom stereocenters. The highest BCUT2D eigenvalue weighted by Crippen LogP contribution is 2.18. The minimum atomic E-state index is -0.0876. The zero-order valence-electron chi connectivity index (χ0n) is 11.2. The largest absolute Gasteiger partial charge is 0.326 e. The number of amides is 1. The van der Waals surface area contributed by atoms with Gasteiger partial charge < -0.3 is 11.1 Å². The Morgan fingerprint density at radius 2 is 1.84 bits per heavy atom. The lowest BCUT2D eigenvalue weighted by Crippen LogP contribution is -2.14. The molecule has 3 heteroatoms. The zero-order chi connectivity index (χ0) is 13.8. The average molecular weight is 254 g/mol. The van der Waals surface area contributed by atoms with E-state index in [0.29, 0.717) is 12.1 Å². The Hall–Kier alpha value is -2.13. The van der Waals surface area contributed by atoms with Crippen molar-refractivity contribution in [3.8, 4) is 0 Å². The molecule has 0 saturated carbocycles. The fourth-order valence-corrected chi connectivity index (χ4v) is 1.95. The Morgan fingerprint density at radius 1 is 1.11 bits per heavy atom. The summed E-state index contributed by atoms with van der Waals surface area (Å²) in [6.45, 7) is 4.36. The zero-order valence-corrected chi connectivity index (χ0v) is 11.2. The van der Waals surface area contributed by atoms with Crippen molar-refractivity contribution >= 4 is 11.6 Å². The Morgan fingerprint density at radius 3 is 2.53 bits per heavy atom. The molecule has 0 saturated heterocycles. The van der Waals surface area contributed by atoms with E-state index in [4.69, 9.17) is 5.73 Å². The first-order chi connectivity index (χ1) is 9.11. The van der Waals surface area contributed by atoms with E-state index in [1.807, 2.05) is 56.3 Å². The van der Waals surface area contributed by atoms with Crippen LogP contribution >= 0.6 is 0 Å². The van der Waals surface area contributed by atoms with E-state index in [2.05, 4.69) is 5.32 Å². The van der Waals surface area contributed by atoms with Crippen LogP contribution < -0.4 is 11.1 Å². The first kappa shape index (κ1) is 13.3. The molecule has 3 N–H and O–H groups in total. The number of benzene rings is 2. The molecule has 19 heavy (non-hydrogen) atoms. The van der Waals surface area contributed by atoms with Crippen LogP contribution in [0.3, 0.4) is 0 Å². The van der Waals surface area contributed by atoms with Crippen LogP contribution in [-0.2, 0) is 6.54 Å². The summed E-state index contributed by atoms with van der Waals surface area (Å²) in [6.07, 6.45) is 0. The quantitative estimate of drug-likeness (QED) is 0.884. The van der Waals surface area contributed by atoms with E-state index in [0.717, 1.165) is 22.4 Å². The second kappa shape index (κ2) is 5.67. The van der Waals surface area contributed by atoms with Crippen LogP contribution in [-0.4, -0.2) is 5.91 Å². The van der Waals surface area contributed by atoms with Crippen molar-refractivity contribution in [2.24, 2.45) is 5.73 Å². The summed E-state index contributed by atoms with van der Waals surface area (Å²) in [6, 6.07) is 13.4. The van der Waals surface area contributed by atoms with Gasteiger partial charge in [0.2, 0.25) is 0 Å². The van der Waals surface area contributed by atoms with Crippen LogP contribution in [0.25, 0.3) is 0 Å². The smallest absolute Gasteiger partial charge is 0.255 e. The van der Waals surface area contributed by atoms with Gasteiger partial charge >= 0.3 is 0 Å². The van der Waals surface area contributed by atoms with Crippen molar-refractivity contribution in [1.82, 2.24) is 0 Å². The topological polar surface area (TPSA) is 55.1 Å². The molecular weight excluding hydrogens is 236 g/mol. The van der Waals surface area contributed by atoms with Gasteiger partial charge in [0.05, 0.1) is 0 Å². The molecule has 0 unspecified atom stereocenters. The van der Waals surface area contributed by atoms with E-state index in [1.165, 1.54) is 0 Å². The van der Waals surface area contributed by atoms with Gasteiger partial charge in [0.1, 0.15) is 0 Å². The molecular formula is C16H18N2O. The third-order valence-electron chi connectivity index (χ3n) is 3.18. The standard InChI is InChI=1S/C16H18N2O/c1-11-5-3-4-6-14(11)16(19)18-15-9-13(10-17)8-7-12(15)2/h3-9H,10,17H2,1-2H3,(H,18,19). The lowest BCUT2D eigenvalue weighted by Gasteiger charge is -2.11. The van der Waals surface area contributed by atoms with Crippen LogP contribution in [0.1, 0.15) is 27.0 Å². The van der Waals surface area contributed by atoms with Crippen LogP contribution in [0, 0.1) is 13.8 Å². The van der Waals surface area contributed by atoms with Gasteiger partial charge in [-0.05, 0) is 42.7 Å². The number of carbonyl (C=O) groups is 1. The van der Waals surface area contributed by atoms with E-state index in [1.54, 1.807) is 0 Å². The van der Waals surface area contributed by atoms with Gasteiger partial charge in [-0.25, -0.2) is 0 Å². The molecule has 0 aromatic heterocycles. The summed E-state index contributed by atoms with van der Waals surface area (Å²) in [5, 5.41) is 2.95. The third-order valence-corrected chi connectivity index (χ3v) is 3.18. The lowest BCUT2D eigenvalue weighted by atomic mass is 10.1. The van der Waals surface area contributed by atoms with E-state index < -0.39 is 0 Å². The number of carbonyl (C=O) groups excluding carboxylic acids is 1. The Bertz CT molecular complexity index is 605. The van der Waals surface area contributed by atoms with Gasteiger partial charge in [-0.15, -0.1) is 0 Å². The highest BCUT2D eigenvalue weighted by atomic mass is 16.1. The van der Waals surface area contributed by atoms with Crippen LogP contribution in [0.2, 0.25) is 0 Å². The molecule has 2 rings (SSSR count). The average Bonchev–Trinajstić information content (AvgIpc) is 2.41. The molecule has 2 aromatic rings. The molecule has 0 aliphatic carbocycles. The first-order valence-electron chi connectivity index (χ1n) is 6.28. The normalized spacial score (nSPS) is 10.3. The van der Waals surface area contributed by atoms with Gasteiger partial charge in [0, 0.05) is 17.8 Å². The highest BCUT2D eigenvalue weighted by Gasteiger charge is 2.10. The van der Waals surface area contributed by atoms with E-state index in [9.17, 15) is 4.79 Å². The van der Waals surface area contributed by atoms with E-state index in [-0.39, 0.29) is 5.91 Å². The van der Waals surface area contributed by atoms with Crippen LogP contribution in [0.5, 0.6) is 0 Å². The summed E-state index contributed by atoms with van der Waals surface area (Å²) in [5.41, 5.74) is 10.1. The Labute approximate surface area is 113 Å². The summed E-state index contributed by atoms with van der Waals surface area (Å²) < 4.78 is 0. The molecule has 0 spiro atoms. The Kier molecular flexibility index (Phi) is 3.97. The molecule has 1 amide bonds. The summed E-state index contributed by atoms with van der Waals surface area (Å²) in [7, 11) is 0. The lowest BCUT2D eigenvalue weighted by molar-refractivity contribution is 0.102. The van der Waals surface area contributed by atoms with Gasteiger partial charge in [0.15, 0.2) is 0 Å². The second-order valence-corrected chi connectivity index (χ2v) is 4.62. The molecule has 3 nitrogen and oxygen atoms in total. The fraction of sp³-hybridized carbons (Fsp3) is 0.188. The monoisotopic (exact) mass is 254 g/mol. The molecule has 0 aliphatic heterocycles. The van der Waals surface area contributed by atoms with E-state index >= 15 is 0 Å². The van der Waals surface area contributed by atoms with Crippen molar-refractivity contribution in [3.05, 3.63) is 64.7 Å². The maximum Gasteiger partial charge on any atom is 0.255 e. The molecule has 0 fully saturated rings. The van der Waals surface area contributed by atoms with Crippen molar-refractivity contribution in [2.75, 3.05) is 5.32 Å². The molecule has 2 aromatic carbocycles. The number of hydrogen-bond acceptors (Lipinski definition) is 2. The predicted molar refractivity (Wildman–Crippen MR) is 78.2 cm³/mol. The van der Waals surface area contributed by atoms with Gasteiger partial charge in [0.25, 0.3) is 5.91 Å². The number of rotatable bonds is 3. The van der Waals surface area contributed by atoms with Gasteiger partial charge in [-0.3, -0.25) is 4.79 Å². The van der Waals surface area contributed by atoms with Crippen molar-refractivity contribution in [1.29, 1.82) is 0 Å². The van der Waals surface area contributed by atoms with Crippen molar-refractivity contribution in [2.45, 2.75) is 20.4 Å². The molecule has 0 bridgehead atoms. The number of hydrogen-bond donors (Lipinski definition) is 2. The third kappa shape index (κ3) is 3.01. The maximum atomic E-state index is 12.2. The second-order valence-electron chi connectivity index (χ2n) is 4.62. The minimum absolute atomic E-state index is 0.0876. The van der Waals surface area contributed by atoms with Crippen molar-refractivity contribution in [3.63, 3.8) is 0 Å². The maximum absolute atomic E-state index is 12.2. The SMILES string of the molecule is Cc1ccc(CN)cc1NC(=O)c1ccccc1C. The first-order valence-corrected chi connectivity index (χ1v) is 6.28. The summed E-state index contributed by atoms with van der Waals surface area (Å²) in [5.74, 6) is -0.0876. The number of aryl methyl sites for hydroxylation is 2.